The molecule has 1 N–H and O–H groups in total. The Morgan fingerprint density at radius 2 is 2.27 bits per heavy atom. The van der Waals surface area contributed by atoms with Crippen LogP contribution in [0.5, 0.6) is 0 Å². The van der Waals surface area contributed by atoms with Gasteiger partial charge in [0.25, 0.3) is 0 Å². The van der Waals surface area contributed by atoms with Gasteiger partial charge in [-0.25, -0.2) is 9.18 Å². The van der Waals surface area contributed by atoms with Crippen molar-refractivity contribution in [1.29, 1.82) is 0 Å². The number of aliphatic carboxylic acids is 1. The van der Waals surface area contributed by atoms with Crippen LogP contribution in [0.25, 0.3) is 0 Å². The number of alkyl halides is 1. The summed E-state index contributed by atoms with van der Waals surface area (Å²) < 4.78 is 15.1. The lowest BCUT2D eigenvalue weighted by Gasteiger charge is -2.28. The van der Waals surface area contributed by atoms with Crippen molar-refractivity contribution < 1.29 is 14.3 Å². The zero-order valence-corrected chi connectivity index (χ0v) is 9.55. The van der Waals surface area contributed by atoms with Gasteiger partial charge in [0.2, 0.25) is 5.67 Å². The first-order valence-electron chi connectivity index (χ1n) is 4.75. The summed E-state index contributed by atoms with van der Waals surface area (Å²) in [5.41, 5.74) is -1.10. The molecule has 1 aromatic carbocycles. The molecule has 80 valence electrons. The number of fused-ring (bicyclic) bond motifs is 1. The summed E-state index contributed by atoms with van der Waals surface area (Å²) in [6.07, 6.45) is 1.39. The Hall–Kier alpha value is -0.900. The third-order valence-electron chi connectivity index (χ3n) is 2.80. The third-order valence-corrected chi connectivity index (χ3v) is 3.29. The fraction of sp³-hybridized carbons (Fsp3) is 0.364. The molecule has 0 bridgehead atoms. The van der Waals surface area contributed by atoms with Gasteiger partial charge in [-0.1, -0.05) is 22.0 Å². The van der Waals surface area contributed by atoms with E-state index in [1.54, 1.807) is 18.2 Å². The van der Waals surface area contributed by atoms with Gasteiger partial charge >= 0.3 is 5.97 Å². The van der Waals surface area contributed by atoms with E-state index in [9.17, 15) is 9.18 Å². The van der Waals surface area contributed by atoms with Gasteiger partial charge in [0.05, 0.1) is 0 Å². The number of halogens is 2. The maximum Gasteiger partial charge on any atom is 0.346 e. The Morgan fingerprint density at radius 3 is 2.93 bits per heavy atom. The predicted molar refractivity (Wildman–Crippen MR) is 57.5 cm³/mol. The van der Waals surface area contributed by atoms with Crippen LogP contribution in [0, 0.1) is 0 Å². The summed E-state index contributed by atoms with van der Waals surface area (Å²) in [4.78, 5) is 10.9. The molecule has 0 spiro atoms. The second-order valence-corrected chi connectivity index (χ2v) is 4.68. The van der Waals surface area contributed by atoms with E-state index in [0.717, 1.165) is 16.5 Å². The minimum absolute atomic E-state index is 0.0664. The fourth-order valence-corrected chi connectivity index (χ4v) is 2.44. The molecule has 0 aromatic heterocycles. The molecule has 2 nitrogen and oxygen atoms in total. The minimum Gasteiger partial charge on any atom is -0.479 e. The molecular formula is C11H10BrFO2. The molecule has 1 aliphatic carbocycles. The van der Waals surface area contributed by atoms with E-state index < -0.39 is 11.6 Å². The van der Waals surface area contributed by atoms with Crippen molar-refractivity contribution in [2.24, 2.45) is 0 Å². The Morgan fingerprint density at radius 1 is 1.53 bits per heavy atom. The van der Waals surface area contributed by atoms with Gasteiger partial charge in [-0.3, -0.25) is 0 Å². The normalized spacial score (nSPS) is 24.7. The lowest BCUT2D eigenvalue weighted by Crippen LogP contribution is -2.34. The van der Waals surface area contributed by atoms with Crippen molar-refractivity contribution in [3.8, 4) is 0 Å². The van der Waals surface area contributed by atoms with Crippen LogP contribution in [0.2, 0.25) is 0 Å². The average molecular weight is 273 g/mol. The van der Waals surface area contributed by atoms with Gasteiger partial charge in [-0.2, -0.15) is 0 Å². The van der Waals surface area contributed by atoms with Crippen LogP contribution in [0.4, 0.5) is 4.39 Å². The van der Waals surface area contributed by atoms with Crippen molar-refractivity contribution in [3.63, 3.8) is 0 Å². The third kappa shape index (κ3) is 1.67. The molecule has 1 unspecified atom stereocenters. The molecular weight excluding hydrogens is 263 g/mol. The number of hydrogen-bond acceptors (Lipinski definition) is 1. The van der Waals surface area contributed by atoms with Gasteiger partial charge < -0.3 is 5.11 Å². The molecule has 2 rings (SSSR count). The molecule has 1 aromatic rings. The number of carboxylic acid groups (broad SMARTS) is 1. The quantitative estimate of drug-likeness (QED) is 0.853. The van der Waals surface area contributed by atoms with Gasteiger partial charge in [-0.05, 0) is 37.0 Å². The van der Waals surface area contributed by atoms with E-state index in [2.05, 4.69) is 15.9 Å². The predicted octanol–water partition coefficient (Wildman–Crippen LogP) is 3.03. The molecule has 0 aliphatic heterocycles. The van der Waals surface area contributed by atoms with E-state index in [4.69, 9.17) is 5.11 Å². The highest BCUT2D eigenvalue weighted by Crippen LogP contribution is 2.39. The lowest BCUT2D eigenvalue weighted by molar-refractivity contribution is -0.152. The lowest BCUT2D eigenvalue weighted by atomic mass is 9.80. The van der Waals surface area contributed by atoms with E-state index in [1.807, 2.05) is 0 Å². The molecule has 4 heteroatoms. The highest BCUT2D eigenvalue weighted by atomic mass is 79.9. The van der Waals surface area contributed by atoms with Gasteiger partial charge in [0.15, 0.2) is 0 Å². The van der Waals surface area contributed by atoms with Crippen molar-refractivity contribution in [1.82, 2.24) is 0 Å². The number of carbonyl (C=O) groups is 1. The zero-order valence-electron chi connectivity index (χ0n) is 7.96. The molecule has 0 saturated carbocycles. The smallest absolute Gasteiger partial charge is 0.346 e. The summed E-state index contributed by atoms with van der Waals surface area (Å²) in [6.45, 7) is 0. The van der Waals surface area contributed by atoms with Crippen LogP contribution < -0.4 is 0 Å². The molecule has 1 atom stereocenters. The molecule has 0 radical (unpaired) electrons. The van der Waals surface area contributed by atoms with Crippen LogP contribution in [-0.4, -0.2) is 11.1 Å². The molecule has 0 heterocycles. The highest BCUT2D eigenvalue weighted by molar-refractivity contribution is 9.10. The van der Waals surface area contributed by atoms with Gasteiger partial charge in [-0.15, -0.1) is 0 Å². The molecule has 15 heavy (non-hydrogen) atoms. The first-order valence-corrected chi connectivity index (χ1v) is 5.54. The van der Waals surface area contributed by atoms with Crippen molar-refractivity contribution in [2.75, 3.05) is 0 Å². The summed E-state index contributed by atoms with van der Waals surface area (Å²) >= 11 is 3.30. The average Bonchev–Trinajstić information content (AvgIpc) is 2.17. The van der Waals surface area contributed by atoms with Crippen molar-refractivity contribution >= 4 is 21.9 Å². The summed E-state index contributed by atoms with van der Waals surface area (Å²) in [5.74, 6) is -1.38. The Labute approximate surface area is 95.2 Å². The summed E-state index contributed by atoms with van der Waals surface area (Å²) in [6, 6.07) is 5.04. The van der Waals surface area contributed by atoms with Crippen molar-refractivity contribution in [3.05, 3.63) is 33.8 Å². The van der Waals surface area contributed by atoms with Crippen LogP contribution in [0.3, 0.4) is 0 Å². The number of rotatable bonds is 1. The molecule has 0 fully saturated rings. The van der Waals surface area contributed by atoms with Crippen molar-refractivity contribution in [2.45, 2.75) is 24.9 Å². The highest BCUT2D eigenvalue weighted by Gasteiger charge is 2.43. The summed E-state index contributed by atoms with van der Waals surface area (Å²) in [7, 11) is 0. The SMILES string of the molecule is O=C(O)C1(F)CCCc2cc(Br)ccc21. The zero-order chi connectivity index (χ0) is 11.1. The number of aryl methyl sites for hydroxylation is 1. The Bertz CT molecular complexity index is 419. The Balaban J connectivity index is 2.56. The minimum atomic E-state index is -2.20. The summed E-state index contributed by atoms with van der Waals surface area (Å²) in [5, 5.41) is 8.93. The largest absolute Gasteiger partial charge is 0.479 e. The van der Waals surface area contributed by atoms with E-state index >= 15 is 0 Å². The molecule has 1 aliphatic rings. The number of benzene rings is 1. The number of carboxylic acids is 1. The van der Waals surface area contributed by atoms with Crippen LogP contribution in [-0.2, 0) is 16.9 Å². The second-order valence-electron chi connectivity index (χ2n) is 3.76. The van der Waals surface area contributed by atoms with Gasteiger partial charge in [0.1, 0.15) is 0 Å². The van der Waals surface area contributed by atoms with Crippen LogP contribution in [0.15, 0.2) is 22.7 Å². The maximum absolute atomic E-state index is 14.2. The second kappa shape index (κ2) is 3.59. The standard InChI is InChI=1S/C11H10BrFO2/c12-8-3-4-9-7(6-8)2-1-5-11(9,13)10(14)15/h3-4,6H,1-2,5H2,(H,14,15). The molecule has 0 saturated heterocycles. The monoisotopic (exact) mass is 272 g/mol. The van der Waals surface area contributed by atoms with Crippen LogP contribution in [0.1, 0.15) is 24.0 Å². The topological polar surface area (TPSA) is 37.3 Å². The van der Waals surface area contributed by atoms with Gasteiger partial charge in [0, 0.05) is 10.0 Å². The maximum atomic E-state index is 14.2. The first-order chi connectivity index (χ1) is 7.04. The van der Waals surface area contributed by atoms with E-state index in [0.29, 0.717) is 12.0 Å². The van der Waals surface area contributed by atoms with E-state index in [1.165, 1.54) is 0 Å². The Kier molecular flexibility index (Phi) is 2.54. The fourth-order valence-electron chi connectivity index (χ4n) is 2.03. The van der Waals surface area contributed by atoms with Crippen LogP contribution >= 0.6 is 15.9 Å². The number of hydrogen-bond donors (Lipinski definition) is 1. The first kappa shape index (κ1) is 10.6. The van der Waals surface area contributed by atoms with E-state index in [-0.39, 0.29) is 6.42 Å². The molecule has 0 amide bonds.